The molecule has 0 aromatic carbocycles. The zero-order chi connectivity index (χ0) is 21.4. The molecule has 166 valence electrons. The lowest BCUT2D eigenvalue weighted by atomic mass is 9.77. The molecular weight excluding hydrogens is 394 g/mol. The molecule has 1 saturated heterocycles. The highest BCUT2D eigenvalue weighted by molar-refractivity contribution is 5.78. The number of hydrogen-bond donors (Lipinski definition) is 1. The summed E-state index contributed by atoms with van der Waals surface area (Å²) in [5.74, 6) is 3.29. The van der Waals surface area contributed by atoms with Gasteiger partial charge in [-0.2, -0.15) is 5.10 Å². The highest BCUT2D eigenvalue weighted by atomic mass is 16.5. The molecule has 8 nitrogen and oxygen atoms in total. The van der Waals surface area contributed by atoms with Gasteiger partial charge in [-0.25, -0.2) is 0 Å². The van der Waals surface area contributed by atoms with E-state index in [1.165, 1.54) is 12.8 Å². The number of amides is 1. The number of fused-ring (bicyclic) bond motifs is 1. The number of nitrogens with zero attached hydrogens (tertiary/aromatic N) is 4. The van der Waals surface area contributed by atoms with Gasteiger partial charge in [-0.15, -0.1) is 5.10 Å². The van der Waals surface area contributed by atoms with Gasteiger partial charge < -0.3 is 19.5 Å². The Labute approximate surface area is 182 Å². The molecule has 3 heterocycles. The van der Waals surface area contributed by atoms with Crippen molar-refractivity contribution in [3.8, 4) is 0 Å². The first kappa shape index (κ1) is 20.4. The van der Waals surface area contributed by atoms with Crippen molar-refractivity contribution in [2.24, 2.45) is 17.8 Å². The van der Waals surface area contributed by atoms with Gasteiger partial charge >= 0.3 is 0 Å². The second-order valence-corrected chi connectivity index (χ2v) is 9.53. The number of aromatic nitrogens is 3. The lowest BCUT2D eigenvalue weighted by Crippen LogP contribution is -2.51. The molecular formula is C23H31N5O3. The predicted octanol–water partition coefficient (Wildman–Crippen LogP) is 2.45. The SMILES string of the molecule is Cc1ccc(N2C[C@H]3C[C@H](OCC4CC4)[C@@H](NC(=O)Cc4cc(C)no4)C[C@H]3C2)nn1. The van der Waals surface area contributed by atoms with Gasteiger partial charge in [-0.3, -0.25) is 4.79 Å². The van der Waals surface area contributed by atoms with E-state index < -0.39 is 0 Å². The Bertz CT molecular complexity index is 910. The Morgan fingerprint density at radius 2 is 1.97 bits per heavy atom. The number of nitrogens with one attached hydrogen (secondary N) is 1. The summed E-state index contributed by atoms with van der Waals surface area (Å²) in [5, 5.41) is 15.7. The molecule has 5 rings (SSSR count). The Kier molecular flexibility index (Phi) is 5.65. The van der Waals surface area contributed by atoms with E-state index in [1.807, 2.05) is 26.0 Å². The van der Waals surface area contributed by atoms with Crippen LogP contribution in [0.15, 0.2) is 22.7 Å². The topological polar surface area (TPSA) is 93.4 Å². The molecule has 3 aliphatic rings. The normalized spacial score (nSPS) is 27.9. The Morgan fingerprint density at radius 1 is 1.16 bits per heavy atom. The Morgan fingerprint density at radius 3 is 2.65 bits per heavy atom. The van der Waals surface area contributed by atoms with E-state index in [2.05, 4.69) is 31.6 Å². The summed E-state index contributed by atoms with van der Waals surface area (Å²) in [4.78, 5) is 15.0. The average Bonchev–Trinajstić information content (AvgIpc) is 3.35. The minimum atomic E-state index is -0.0288. The summed E-state index contributed by atoms with van der Waals surface area (Å²) in [6, 6.07) is 5.91. The van der Waals surface area contributed by atoms with Crippen molar-refractivity contribution in [1.29, 1.82) is 0 Å². The first-order valence-electron chi connectivity index (χ1n) is 11.4. The quantitative estimate of drug-likeness (QED) is 0.728. The van der Waals surface area contributed by atoms with Crippen molar-refractivity contribution in [2.45, 2.75) is 58.1 Å². The smallest absolute Gasteiger partial charge is 0.228 e. The van der Waals surface area contributed by atoms with Crippen LogP contribution in [0.2, 0.25) is 0 Å². The molecule has 2 aliphatic carbocycles. The Hall–Kier alpha value is -2.48. The van der Waals surface area contributed by atoms with Crippen molar-refractivity contribution >= 4 is 11.7 Å². The minimum absolute atomic E-state index is 0.0283. The van der Waals surface area contributed by atoms with Crippen molar-refractivity contribution in [3.63, 3.8) is 0 Å². The van der Waals surface area contributed by atoms with Crippen molar-refractivity contribution < 1.29 is 14.1 Å². The van der Waals surface area contributed by atoms with Crippen LogP contribution in [0.3, 0.4) is 0 Å². The number of carbonyl (C=O) groups is 1. The van der Waals surface area contributed by atoms with Gasteiger partial charge in [-0.1, -0.05) is 5.16 Å². The standard InChI is InChI=1S/C23H31N5O3/c1-14-3-6-22(26-25-14)28-11-17-8-20(24-23(29)10-19-7-15(2)27-31-19)21(9-18(17)12-28)30-13-16-4-5-16/h3,6-7,16-18,20-21H,4-5,8-13H2,1-2H3,(H,24,29)/t17-,18+,20-,21-/m0/s1. The van der Waals surface area contributed by atoms with Crippen LogP contribution in [0.25, 0.3) is 0 Å². The zero-order valence-electron chi connectivity index (χ0n) is 18.3. The van der Waals surface area contributed by atoms with Gasteiger partial charge in [0.15, 0.2) is 5.82 Å². The van der Waals surface area contributed by atoms with Gasteiger partial charge in [0.25, 0.3) is 0 Å². The van der Waals surface area contributed by atoms with Crippen LogP contribution in [-0.4, -0.2) is 53.1 Å². The van der Waals surface area contributed by atoms with Gasteiger partial charge in [0, 0.05) is 25.8 Å². The number of hydrogen-bond acceptors (Lipinski definition) is 7. The summed E-state index contributed by atoms with van der Waals surface area (Å²) >= 11 is 0. The molecule has 1 N–H and O–H groups in total. The maximum absolute atomic E-state index is 12.7. The van der Waals surface area contributed by atoms with Gasteiger partial charge in [0.2, 0.25) is 5.91 Å². The van der Waals surface area contributed by atoms with Gasteiger partial charge in [0.05, 0.1) is 30.0 Å². The number of ether oxygens (including phenoxy) is 1. The highest BCUT2D eigenvalue weighted by Crippen LogP contribution is 2.40. The third-order valence-corrected chi connectivity index (χ3v) is 6.83. The van der Waals surface area contributed by atoms with E-state index in [1.54, 1.807) is 0 Å². The fourth-order valence-electron chi connectivity index (χ4n) is 4.96. The van der Waals surface area contributed by atoms with Crippen LogP contribution >= 0.6 is 0 Å². The van der Waals surface area contributed by atoms with Crippen LogP contribution in [0.1, 0.15) is 42.8 Å². The minimum Gasteiger partial charge on any atom is -0.376 e. The molecule has 2 aromatic heterocycles. The summed E-state index contributed by atoms with van der Waals surface area (Å²) < 4.78 is 11.6. The fourth-order valence-corrected chi connectivity index (χ4v) is 4.96. The molecule has 0 spiro atoms. The van der Waals surface area contributed by atoms with Crippen LogP contribution in [-0.2, 0) is 16.0 Å². The molecule has 1 amide bonds. The maximum Gasteiger partial charge on any atom is 0.228 e. The van der Waals surface area contributed by atoms with Crippen LogP contribution in [0, 0.1) is 31.6 Å². The average molecular weight is 426 g/mol. The highest BCUT2D eigenvalue weighted by Gasteiger charge is 2.44. The van der Waals surface area contributed by atoms with E-state index >= 15 is 0 Å². The van der Waals surface area contributed by atoms with Crippen molar-refractivity contribution in [3.05, 3.63) is 35.3 Å². The fraction of sp³-hybridized carbons (Fsp3) is 0.652. The van der Waals surface area contributed by atoms with Crippen molar-refractivity contribution in [1.82, 2.24) is 20.7 Å². The monoisotopic (exact) mass is 425 g/mol. The first-order valence-corrected chi connectivity index (χ1v) is 11.4. The number of aryl methyl sites for hydroxylation is 2. The van der Waals surface area contributed by atoms with Gasteiger partial charge in [-0.05, 0) is 69.4 Å². The third kappa shape index (κ3) is 4.89. The van der Waals surface area contributed by atoms with E-state index in [4.69, 9.17) is 9.26 Å². The third-order valence-electron chi connectivity index (χ3n) is 6.83. The number of rotatable bonds is 7. The Balaban J connectivity index is 1.24. The number of carbonyl (C=O) groups excluding carboxylic acids is 1. The molecule has 2 saturated carbocycles. The number of anilines is 1. The molecule has 3 fully saturated rings. The molecule has 2 aromatic rings. The lowest BCUT2D eigenvalue weighted by Gasteiger charge is -2.38. The summed E-state index contributed by atoms with van der Waals surface area (Å²) in [6.45, 7) is 6.55. The van der Waals surface area contributed by atoms with E-state index in [0.29, 0.717) is 23.5 Å². The van der Waals surface area contributed by atoms with Crippen LogP contribution in [0.5, 0.6) is 0 Å². The molecule has 1 aliphatic heterocycles. The zero-order valence-corrected chi connectivity index (χ0v) is 18.3. The van der Waals surface area contributed by atoms with E-state index in [0.717, 1.165) is 49.7 Å². The van der Waals surface area contributed by atoms with E-state index in [-0.39, 0.29) is 24.5 Å². The molecule has 0 radical (unpaired) electrons. The molecule has 0 bridgehead atoms. The summed E-state index contributed by atoms with van der Waals surface area (Å²) in [7, 11) is 0. The molecule has 8 heteroatoms. The first-order chi connectivity index (χ1) is 15.0. The van der Waals surface area contributed by atoms with E-state index in [9.17, 15) is 4.79 Å². The summed E-state index contributed by atoms with van der Waals surface area (Å²) in [5.41, 5.74) is 1.72. The molecule has 0 unspecified atom stereocenters. The maximum atomic E-state index is 12.7. The summed E-state index contributed by atoms with van der Waals surface area (Å²) in [6.07, 6.45) is 4.70. The largest absolute Gasteiger partial charge is 0.376 e. The van der Waals surface area contributed by atoms with Crippen molar-refractivity contribution in [2.75, 3.05) is 24.6 Å². The molecule has 31 heavy (non-hydrogen) atoms. The predicted molar refractivity (Wildman–Crippen MR) is 115 cm³/mol. The second kappa shape index (κ2) is 8.57. The van der Waals surface area contributed by atoms with Crippen LogP contribution < -0.4 is 10.2 Å². The molecule has 4 atom stereocenters. The van der Waals surface area contributed by atoms with Crippen LogP contribution in [0.4, 0.5) is 5.82 Å². The van der Waals surface area contributed by atoms with Gasteiger partial charge in [0.1, 0.15) is 5.76 Å². The lowest BCUT2D eigenvalue weighted by molar-refractivity contribution is -0.124. The second-order valence-electron chi connectivity index (χ2n) is 9.53.